The third-order valence-corrected chi connectivity index (χ3v) is 5.03. The quantitative estimate of drug-likeness (QED) is 0.762. The Kier molecular flexibility index (Phi) is 4.30. The molecule has 0 spiro atoms. The number of amides is 1. The van der Waals surface area contributed by atoms with Crippen molar-refractivity contribution in [2.24, 2.45) is 5.92 Å². The van der Waals surface area contributed by atoms with E-state index in [1.807, 2.05) is 12.1 Å². The van der Waals surface area contributed by atoms with Crippen molar-refractivity contribution in [1.82, 2.24) is 14.5 Å². The second-order valence-corrected chi connectivity index (χ2v) is 6.55. The van der Waals surface area contributed by atoms with Crippen molar-refractivity contribution >= 4 is 17.0 Å². The number of aliphatic hydroxyl groups is 1. The van der Waals surface area contributed by atoms with Crippen LogP contribution >= 0.6 is 0 Å². The van der Waals surface area contributed by atoms with Crippen molar-refractivity contribution in [2.75, 3.05) is 19.7 Å². The summed E-state index contributed by atoms with van der Waals surface area (Å²) in [6.07, 6.45) is 3.43. The van der Waals surface area contributed by atoms with Crippen LogP contribution in [0.5, 0.6) is 0 Å². The van der Waals surface area contributed by atoms with Gasteiger partial charge in [0.15, 0.2) is 5.58 Å². The Morgan fingerprint density at radius 3 is 2.73 bits per heavy atom. The molecule has 26 heavy (non-hydrogen) atoms. The predicted molar refractivity (Wildman–Crippen MR) is 94.6 cm³/mol. The molecule has 2 aromatic heterocycles. The first-order valence-electron chi connectivity index (χ1n) is 8.54. The smallest absolute Gasteiger partial charge is 0.408 e. The highest BCUT2D eigenvalue weighted by Gasteiger charge is 2.35. The van der Waals surface area contributed by atoms with Crippen LogP contribution in [0.4, 0.5) is 0 Å². The number of likely N-dealkylation sites (tertiary alicyclic amines) is 1. The number of aromatic nitrogens is 2. The van der Waals surface area contributed by atoms with Gasteiger partial charge in [-0.2, -0.15) is 0 Å². The molecule has 1 aromatic carbocycles. The molecule has 3 heterocycles. The number of fused-ring (bicyclic) bond motifs is 1. The van der Waals surface area contributed by atoms with E-state index >= 15 is 0 Å². The molecule has 134 valence electrons. The van der Waals surface area contributed by atoms with Gasteiger partial charge in [0, 0.05) is 43.9 Å². The molecule has 3 aromatic rings. The van der Waals surface area contributed by atoms with Crippen LogP contribution in [0.25, 0.3) is 11.1 Å². The van der Waals surface area contributed by atoms with Gasteiger partial charge in [0.25, 0.3) is 0 Å². The maximum Gasteiger partial charge on any atom is 0.420 e. The molecule has 1 aliphatic heterocycles. The molecule has 1 fully saturated rings. The minimum Gasteiger partial charge on any atom is -0.408 e. The highest BCUT2D eigenvalue weighted by molar-refractivity contribution is 5.80. The number of benzene rings is 1. The van der Waals surface area contributed by atoms with E-state index in [-0.39, 0.29) is 30.9 Å². The Bertz CT molecular complexity index is 979. The summed E-state index contributed by atoms with van der Waals surface area (Å²) in [6.45, 7) is 0.911. The van der Waals surface area contributed by atoms with E-state index in [2.05, 4.69) is 4.98 Å². The van der Waals surface area contributed by atoms with E-state index in [0.717, 1.165) is 5.56 Å². The van der Waals surface area contributed by atoms with Crippen LogP contribution < -0.4 is 5.76 Å². The maximum absolute atomic E-state index is 12.8. The summed E-state index contributed by atoms with van der Waals surface area (Å²) in [5, 5.41) is 9.72. The Morgan fingerprint density at radius 1 is 1.19 bits per heavy atom. The largest absolute Gasteiger partial charge is 0.420 e. The fourth-order valence-electron chi connectivity index (χ4n) is 3.65. The first-order valence-corrected chi connectivity index (χ1v) is 8.54. The standard InChI is InChI=1S/C19H19N3O4/c23-12-14-9-21(10-15(14)13-5-7-20-8-6-13)18(24)11-22-16-3-1-2-4-17(16)26-19(22)25/h1-8,14-15,23H,9-12H2/t14-,15-/m0/s1. The van der Waals surface area contributed by atoms with Crippen molar-refractivity contribution in [3.63, 3.8) is 0 Å². The van der Waals surface area contributed by atoms with Crippen LogP contribution in [0.3, 0.4) is 0 Å². The Hall–Kier alpha value is -2.93. The maximum atomic E-state index is 12.8. The molecule has 1 amide bonds. The van der Waals surface area contributed by atoms with Crippen LogP contribution in [0.15, 0.2) is 58.0 Å². The Labute approximate surface area is 149 Å². The molecular formula is C19H19N3O4. The van der Waals surface area contributed by atoms with Crippen LogP contribution in [-0.4, -0.2) is 45.2 Å². The molecule has 7 heteroatoms. The number of carbonyl (C=O) groups excluding carboxylic acids is 1. The second kappa shape index (κ2) is 6.76. The zero-order valence-corrected chi connectivity index (χ0v) is 14.1. The van der Waals surface area contributed by atoms with E-state index in [1.165, 1.54) is 4.57 Å². The van der Waals surface area contributed by atoms with Gasteiger partial charge in [-0.1, -0.05) is 12.1 Å². The summed E-state index contributed by atoms with van der Waals surface area (Å²) in [5.41, 5.74) is 2.13. The molecular weight excluding hydrogens is 334 g/mol. The molecule has 0 aliphatic carbocycles. The summed E-state index contributed by atoms with van der Waals surface area (Å²) in [4.78, 5) is 30.6. The fourth-order valence-corrected chi connectivity index (χ4v) is 3.65. The Balaban J connectivity index is 1.55. The van der Waals surface area contributed by atoms with E-state index in [9.17, 15) is 14.7 Å². The summed E-state index contributed by atoms with van der Waals surface area (Å²) >= 11 is 0. The van der Waals surface area contributed by atoms with Gasteiger partial charge in [-0.05, 0) is 29.8 Å². The van der Waals surface area contributed by atoms with Crippen LogP contribution in [0.2, 0.25) is 0 Å². The minimum atomic E-state index is -0.539. The fraction of sp³-hybridized carbons (Fsp3) is 0.316. The zero-order chi connectivity index (χ0) is 18.1. The van der Waals surface area contributed by atoms with Gasteiger partial charge in [-0.15, -0.1) is 0 Å². The first kappa shape index (κ1) is 16.5. The van der Waals surface area contributed by atoms with E-state index in [4.69, 9.17) is 4.42 Å². The van der Waals surface area contributed by atoms with Crippen molar-refractivity contribution < 1.29 is 14.3 Å². The molecule has 1 aliphatic rings. The number of nitrogens with zero attached hydrogens (tertiary/aromatic N) is 3. The molecule has 2 atom stereocenters. The highest BCUT2D eigenvalue weighted by atomic mass is 16.4. The molecule has 1 N–H and O–H groups in total. The number of hydrogen-bond acceptors (Lipinski definition) is 5. The zero-order valence-electron chi connectivity index (χ0n) is 14.1. The normalized spacial score (nSPS) is 20.0. The van der Waals surface area contributed by atoms with Crippen molar-refractivity contribution in [3.8, 4) is 0 Å². The first-order chi connectivity index (χ1) is 12.7. The van der Waals surface area contributed by atoms with Gasteiger partial charge >= 0.3 is 5.76 Å². The number of rotatable bonds is 4. The average molecular weight is 353 g/mol. The monoisotopic (exact) mass is 353 g/mol. The van der Waals surface area contributed by atoms with E-state index in [1.54, 1.807) is 41.6 Å². The SMILES string of the molecule is O=C(Cn1c(=O)oc2ccccc21)N1C[C@@H](CO)[C@H](c2ccncc2)C1. The summed E-state index contributed by atoms with van der Waals surface area (Å²) < 4.78 is 6.54. The van der Waals surface area contributed by atoms with Crippen molar-refractivity contribution in [1.29, 1.82) is 0 Å². The van der Waals surface area contributed by atoms with E-state index in [0.29, 0.717) is 24.2 Å². The topological polar surface area (TPSA) is 88.6 Å². The van der Waals surface area contributed by atoms with Crippen LogP contribution in [0, 0.1) is 5.92 Å². The summed E-state index contributed by atoms with van der Waals surface area (Å²) in [7, 11) is 0. The third kappa shape index (κ3) is 2.90. The lowest BCUT2D eigenvalue weighted by Crippen LogP contribution is -2.34. The predicted octanol–water partition coefficient (Wildman–Crippen LogP) is 1.22. The number of oxazole rings is 1. The lowest BCUT2D eigenvalue weighted by molar-refractivity contribution is -0.131. The lowest BCUT2D eigenvalue weighted by Gasteiger charge is -2.16. The minimum absolute atomic E-state index is 0.00532. The Morgan fingerprint density at radius 2 is 1.96 bits per heavy atom. The van der Waals surface area contributed by atoms with Crippen molar-refractivity contribution in [3.05, 3.63) is 64.9 Å². The van der Waals surface area contributed by atoms with Gasteiger partial charge < -0.3 is 14.4 Å². The van der Waals surface area contributed by atoms with Crippen molar-refractivity contribution in [2.45, 2.75) is 12.5 Å². The number of hydrogen-bond donors (Lipinski definition) is 1. The lowest BCUT2D eigenvalue weighted by atomic mass is 9.90. The number of pyridine rings is 1. The number of aliphatic hydroxyl groups excluding tert-OH is 1. The molecule has 7 nitrogen and oxygen atoms in total. The number of para-hydroxylation sites is 2. The summed E-state index contributed by atoms with van der Waals surface area (Å²) in [6, 6.07) is 10.9. The molecule has 0 unspecified atom stereocenters. The van der Waals surface area contributed by atoms with Gasteiger partial charge in [-0.3, -0.25) is 14.3 Å². The molecule has 0 radical (unpaired) electrons. The third-order valence-electron chi connectivity index (χ3n) is 5.03. The number of carbonyl (C=O) groups is 1. The highest BCUT2D eigenvalue weighted by Crippen LogP contribution is 2.32. The van der Waals surface area contributed by atoms with Gasteiger partial charge in [0.2, 0.25) is 5.91 Å². The second-order valence-electron chi connectivity index (χ2n) is 6.55. The molecule has 4 rings (SSSR count). The summed E-state index contributed by atoms with van der Waals surface area (Å²) in [5.74, 6) is -0.666. The average Bonchev–Trinajstić information content (AvgIpc) is 3.24. The molecule has 1 saturated heterocycles. The van der Waals surface area contributed by atoms with Crippen LogP contribution in [-0.2, 0) is 11.3 Å². The molecule has 0 saturated carbocycles. The molecule has 0 bridgehead atoms. The van der Waals surface area contributed by atoms with Gasteiger partial charge in [-0.25, -0.2) is 4.79 Å². The van der Waals surface area contributed by atoms with Gasteiger partial charge in [0.1, 0.15) is 6.54 Å². The van der Waals surface area contributed by atoms with Crippen LogP contribution in [0.1, 0.15) is 11.5 Å². The van der Waals surface area contributed by atoms with E-state index < -0.39 is 5.76 Å². The van der Waals surface area contributed by atoms with Gasteiger partial charge in [0.05, 0.1) is 5.52 Å².